The number of carbonyl (C=O) groups excluding carboxylic acids is 1. The van der Waals surface area contributed by atoms with Crippen LogP contribution in [0.4, 0.5) is 0 Å². The predicted octanol–water partition coefficient (Wildman–Crippen LogP) is 2.08. The Hall–Kier alpha value is -1.35. The fourth-order valence-electron chi connectivity index (χ4n) is 1.64. The molecule has 0 atom stereocenters. The van der Waals surface area contributed by atoms with E-state index in [0.29, 0.717) is 6.42 Å². The molecule has 0 bridgehead atoms. The van der Waals surface area contributed by atoms with E-state index in [-0.39, 0.29) is 5.91 Å². The third kappa shape index (κ3) is 5.50. The highest BCUT2D eigenvalue weighted by Gasteiger charge is 2.04. The largest absolute Gasteiger partial charge is 0.385 e. The lowest BCUT2D eigenvalue weighted by Gasteiger charge is -2.07. The molecule has 0 aliphatic heterocycles. The van der Waals surface area contributed by atoms with Crippen LogP contribution in [0.25, 0.3) is 0 Å². The standard InChI is InChI=1S/C14H21NO2/c1-12-7-3-4-8-13(12)11-14(16)15-9-5-6-10-17-2/h3-4,7-8H,5-6,9-11H2,1-2H3,(H,15,16). The Morgan fingerprint density at radius 3 is 2.76 bits per heavy atom. The van der Waals surface area contributed by atoms with Gasteiger partial charge in [0.2, 0.25) is 5.91 Å². The van der Waals surface area contributed by atoms with Crippen molar-refractivity contribution in [3.63, 3.8) is 0 Å². The molecule has 1 aromatic rings. The van der Waals surface area contributed by atoms with Crippen LogP contribution < -0.4 is 5.32 Å². The van der Waals surface area contributed by atoms with Crippen molar-refractivity contribution in [2.45, 2.75) is 26.2 Å². The van der Waals surface area contributed by atoms with Gasteiger partial charge in [-0.2, -0.15) is 0 Å². The monoisotopic (exact) mass is 235 g/mol. The molecule has 1 N–H and O–H groups in total. The van der Waals surface area contributed by atoms with E-state index in [2.05, 4.69) is 5.32 Å². The van der Waals surface area contributed by atoms with Gasteiger partial charge in [0.05, 0.1) is 6.42 Å². The zero-order chi connectivity index (χ0) is 12.5. The second-order valence-electron chi connectivity index (χ2n) is 4.15. The summed E-state index contributed by atoms with van der Waals surface area (Å²) in [6.45, 7) is 3.52. The summed E-state index contributed by atoms with van der Waals surface area (Å²) in [6, 6.07) is 7.98. The maximum atomic E-state index is 11.7. The molecule has 3 heteroatoms. The first kappa shape index (κ1) is 13.7. The lowest BCUT2D eigenvalue weighted by atomic mass is 10.1. The third-order valence-corrected chi connectivity index (χ3v) is 2.71. The van der Waals surface area contributed by atoms with Crippen LogP contribution >= 0.6 is 0 Å². The number of ether oxygens (including phenoxy) is 1. The number of rotatable bonds is 7. The average Bonchev–Trinajstić information content (AvgIpc) is 2.32. The lowest BCUT2D eigenvalue weighted by Crippen LogP contribution is -2.26. The van der Waals surface area contributed by atoms with E-state index in [4.69, 9.17) is 4.74 Å². The van der Waals surface area contributed by atoms with E-state index in [9.17, 15) is 4.79 Å². The molecule has 0 unspecified atom stereocenters. The van der Waals surface area contributed by atoms with E-state index in [1.54, 1.807) is 7.11 Å². The van der Waals surface area contributed by atoms with Crippen molar-refractivity contribution in [2.75, 3.05) is 20.3 Å². The number of aryl methyl sites for hydroxylation is 1. The van der Waals surface area contributed by atoms with Crippen molar-refractivity contribution < 1.29 is 9.53 Å². The minimum Gasteiger partial charge on any atom is -0.385 e. The maximum Gasteiger partial charge on any atom is 0.224 e. The molecule has 0 saturated carbocycles. The first-order chi connectivity index (χ1) is 8.24. The van der Waals surface area contributed by atoms with Crippen LogP contribution in [-0.2, 0) is 16.0 Å². The number of methoxy groups -OCH3 is 1. The van der Waals surface area contributed by atoms with Gasteiger partial charge >= 0.3 is 0 Å². The molecule has 17 heavy (non-hydrogen) atoms. The van der Waals surface area contributed by atoms with Crippen LogP contribution in [0.5, 0.6) is 0 Å². The van der Waals surface area contributed by atoms with Gasteiger partial charge in [-0.05, 0) is 30.9 Å². The van der Waals surface area contributed by atoms with Gasteiger partial charge in [0.15, 0.2) is 0 Å². The number of hydrogen-bond donors (Lipinski definition) is 1. The molecule has 0 radical (unpaired) electrons. The van der Waals surface area contributed by atoms with Crippen LogP contribution in [0.1, 0.15) is 24.0 Å². The molecule has 1 amide bonds. The number of unbranched alkanes of at least 4 members (excludes halogenated alkanes) is 1. The third-order valence-electron chi connectivity index (χ3n) is 2.71. The quantitative estimate of drug-likeness (QED) is 0.735. The zero-order valence-electron chi connectivity index (χ0n) is 10.7. The molecule has 94 valence electrons. The Morgan fingerprint density at radius 2 is 2.06 bits per heavy atom. The van der Waals surface area contributed by atoms with Crippen LogP contribution in [-0.4, -0.2) is 26.2 Å². The summed E-state index contributed by atoms with van der Waals surface area (Å²) >= 11 is 0. The van der Waals surface area contributed by atoms with Crippen LogP contribution in [0.15, 0.2) is 24.3 Å². The molecule has 0 fully saturated rings. The van der Waals surface area contributed by atoms with Crippen LogP contribution in [0, 0.1) is 6.92 Å². The van der Waals surface area contributed by atoms with Crippen molar-refractivity contribution in [2.24, 2.45) is 0 Å². The molecule has 0 aliphatic rings. The van der Waals surface area contributed by atoms with E-state index in [0.717, 1.165) is 31.6 Å². The van der Waals surface area contributed by atoms with Gasteiger partial charge in [0.25, 0.3) is 0 Å². The number of nitrogens with one attached hydrogen (secondary N) is 1. The predicted molar refractivity (Wildman–Crippen MR) is 69.0 cm³/mol. The van der Waals surface area contributed by atoms with Gasteiger partial charge in [-0.25, -0.2) is 0 Å². The first-order valence-electron chi connectivity index (χ1n) is 6.04. The van der Waals surface area contributed by atoms with E-state index >= 15 is 0 Å². The van der Waals surface area contributed by atoms with Crippen molar-refractivity contribution in [3.05, 3.63) is 35.4 Å². The molecule has 0 heterocycles. The van der Waals surface area contributed by atoms with Gasteiger partial charge < -0.3 is 10.1 Å². The summed E-state index contributed by atoms with van der Waals surface area (Å²) < 4.78 is 4.95. The molecule has 1 rings (SSSR count). The minimum absolute atomic E-state index is 0.0942. The van der Waals surface area contributed by atoms with Crippen LogP contribution in [0.3, 0.4) is 0 Å². The van der Waals surface area contributed by atoms with Gasteiger partial charge in [-0.3, -0.25) is 4.79 Å². The number of benzene rings is 1. The Bertz CT molecular complexity index is 350. The highest BCUT2D eigenvalue weighted by atomic mass is 16.5. The number of amides is 1. The summed E-state index contributed by atoms with van der Waals surface area (Å²) in [5.41, 5.74) is 2.27. The normalized spacial score (nSPS) is 10.2. The van der Waals surface area contributed by atoms with Gasteiger partial charge in [-0.15, -0.1) is 0 Å². The summed E-state index contributed by atoms with van der Waals surface area (Å²) in [4.78, 5) is 11.7. The lowest BCUT2D eigenvalue weighted by molar-refractivity contribution is -0.120. The summed E-state index contributed by atoms with van der Waals surface area (Å²) in [5.74, 6) is 0.0942. The Labute approximate surface area is 103 Å². The number of hydrogen-bond acceptors (Lipinski definition) is 2. The Morgan fingerprint density at radius 1 is 1.29 bits per heavy atom. The fraction of sp³-hybridized carbons (Fsp3) is 0.500. The molecular formula is C14H21NO2. The van der Waals surface area contributed by atoms with Crippen molar-refractivity contribution >= 4 is 5.91 Å². The van der Waals surface area contributed by atoms with Crippen molar-refractivity contribution in [3.8, 4) is 0 Å². The maximum absolute atomic E-state index is 11.7. The van der Waals surface area contributed by atoms with E-state index in [1.807, 2.05) is 31.2 Å². The van der Waals surface area contributed by atoms with Gasteiger partial charge in [0.1, 0.15) is 0 Å². The van der Waals surface area contributed by atoms with Crippen molar-refractivity contribution in [1.29, 1.82) is 0 Å². The average molecular weight is 235 g/mol. The highest BCUT2D eigenvalue weighted by Crippen LogP contribution is 2.07. The van der Waals surface area contributed by atoms with Crippen LogP contribution in [0.2, 0.25) is 0 Å². The second kappa shape index (κ2) is 7.85. The highest BCUT2D eigenvalue weighted by molar-refractivity contribution is 5.78. The fourth-order valence-corrected chi connectivity index (χ4v) is 1.64. The molecule has 0 aliphatic carbocycles. The Balaban J connectivity index is 2.23. The van der Waals surface area contributed by atoms with E-state index in [1.165, 1.54) is 5.56 Å². The van der Waals surface area contributed by atoms with Crippen molar-refractivity contribution in [1.82, 2.24) is 5.32 Å². The second-order valence-corrected chi connectivity index (χ2v) is 4.15. The van der Waals surface area contributed by atoms with E-state index < -0.39 is 0 Å². The number of carbonyl (C=O) groups is 1. The molecular weight excluding hydrogens is 214 g/mol. The smallest absolute Gasteiger partial charge is 0.224 e. The summed E-state index contributed by atoms with van der Waals surface area (Å²) in [5, 5.41) is 2.92. The topological polar surface area (TPSA) is 38.3 Å². The first-order valence-corrected chi connectivity index (χ1v) is 6.04. The minimum atomic E-state index is 0.0942. The SMILES string of the molecule is COCCCCNC(=O)Cc1ccccc1C. The summed E-state index contributed by atoms with van der Waals surface area (Å²) in [6.07, 6.45) is 2.42. The molecule has 1 aromatic carbocycles. The van der Waals surface area contributed by atoms with Gasteiger partial charge in [-0.1, -0.05) is 24.3 Å². The van der Waals surface area contributed by atoms with Gasteiger partial charge in [0, 0.05) is 20.3 Å². The zero-order valence-corrected chi connectivity index (χ0v) is 10.7. The summed E-state index contributed by atoms with van der Waals surface area (Å²) in [7, 11) is 1.69. The molecule has 0 aromatic heterocycles. The molecule has 0 spiro atoms. The molecule has 0 saturated heterocycles. The molecule has 3 nitrogen and oxygen atoms in total. The Kier molecular flexibility index (Phi) is 6.33.